The van der Waals surface area contributed by atoms with Crippen LogP contribution in [0.3, 0.4) is 0 Å². The summed E-state index contributed by atoms with van der Waals surface area (Å²) in [5.74, 6) is -2.58. The first-order chi connectivity index (χ1) is 12.1. The average Bonchev–Trinajstić information content (AvgIpc) is 3.35. The molecule has 0 saturated heterocycles. The summed E-state index contributed by atoms with van der Waals surface area (Å²) in [5, 5.41) is 0. The summed E-state index contributed by atoms with van der Waals surface area (Å²) in [7, 11) is 0. The maximum atomic E-state index is 13.0. The Morgan fingerprint density at radius 3 is 2.48 bits per heavy atom. The van der Waals surface area contributed by atoms with Crippen molar-refractivity contribution in [1.82, 2.24) is 0 Å². The van der Waals surface area contributed by atoms with Gasteiger partial charge in [-0.25, -0.2) is 0 Å². The van der Waals surface area contributed by atoms with Gasteiger partial charge in [0.15, 0.2) is 11.2 Å². The van der Waals surface area contributed by atoms with Crippen molar-refractivity contribution < 1.29 is 23.9 Å². The zero-order valence-corrected chi connectivity index (χ0v) is 13.6. The van der Waals surface area contributed by atoms with Gasteiger partial charge in [-0.2, -0.15) is 0 Å². The number of hydrogen-bond acceptors (Lipinski definition) is 5. The van der Waals surface area contributed by atoms with Crippen LogP contribution in [-0.4, -0.2) is 24.3 Å². The van der Waals surface area contributed by atoms with E-state index in [0.29, 0.717) is 16.9 Å². The molecule has 0 N–H and O–H groups in total. The fourth-order valence-corrected chi connectivity index (χ4v) is 3.81. The Balaban J connectivity index is 1.83. The molecule has 0 aromatic heterocycles. The summed E-state index contributed by atoms with van der Waals surface area (Å²) < 4.78 is 10.5. The van der Waals surface area contributed by atoms with Gasteiger partial charge in [0.25, 0.3) is 0 Å². The number of Topliss-reactive ketones (excluding diaryl/α,β-unsaturated/α-hetero) is 1. The van der Waals surface area contributed by atoms with Gasteiger partial charge in [0.05, 0.1) is 12.5 Å². The lowest BCUT2D eigenvalue weighted by molar-refractivity contribution is -0.161. The summed E-state index contributed by atoms with van der Waals surface area (Å²) in [6.07, 6.45) is 0. The highest BCUT2D eigenvalue weighted by atomic mass is 16.6. The normalized spacial score (nSPS) is 26.0. The van der Waals surface area contributed by atoms with E-state index in [0.717, 1.165) is 0 Å². The number of benzene rings is 2. The monoisotopic (exact) mass is 336 g/mol. The number of ether oxygens (including phenoxy) is 2. The van der Waals surface area contributed by atoms with Gasteiger partial charge in [-0.3, -0.25) is 14.4 Å². The summed E-state index contributed by atoms with van der Waals surface area (Å²) in [6.45, 7) is 1.80. The quantitative estimate of drug-likeness (QED) is 0.372. The number of para-hydroxylation sites is 1. The highest BCUT2D eigenvalue weighted by Gasteiger charge is 2.81. The molecule has 2 aromatic carbocycles. The molecule has 2 aliphatic rings. The molecule has 0 bridgehead atoms. The first-order valence-corrected chi connectivity index (χ1v) is 8.20. The second-order valence-corrected chi connectivity index (χ2v) is 6.20. The van der Waals surface area contributed by atoms with E-state index < -0.39 is 29.2 Å². The number of ketones is 1. The van der Waals surface area contributed by atoms with E-state index in [4.69, 9.17) is 9.47 Å². The van der Waals surface area contributed by atoms with E-state index in [2.05, 4.69) is 0 Å². The van der Waals surface area contributed by atoms with Gasteiger partial charge in [0, 0.05) is 17.0 Å². The lowest BCUT2D eigenvalue weighted by Gasteiger charge is -2.21. The molecule has 1 aliphatic heterocycles. The van der Waals surface area contributed by atoms with Crippen molar-refractivity contribution in [3.05, 3.63) is 65.7 Å². The fraction of sp³-hybridized carbons (Fsp3) is 0.250. The summed E-state index contributed by atoms with van der Waals surface area (Å²) in [6, 6.07) is 15.7. The molecule has 1 aliphatic carbocycles. The van der Waals surface area contributed by atoms with Gasteiger partial charge in [0.1, 0.15) is 5.75 Å². The van der Waals surface area contributed by atoms with Crippen molar-refractivity contribution in [2.45, 2.75) is 12.8 Å². The van der Waals surface area contributed by atoms with E-state index in [-0.39, 0.29) is 12.4 Å². The summed E-state index contributed by atoms with van der Waals surface area (Å²) >= 11 is 0. The minimum absolute atomic E-state index is 0.133. The summed E-state index contributed by atoms with van der Waals surface area (Å²) in [4.78, 5) is 38.4. The van der Waals surface area contributed by atoms with Gasteiger partial charge in [-0.15, -0.1) is 0 Å². The second kappa shape index (κ2) is 5.55. The van der Waals surface area contributed by atoms with Crippen molar-refractivity contribution in [3.8, 4) is 5.75 Å². The predicted octanol–water partition coefficient (Wildman–Crippen LogP) is 2.75. The minimum atomic E-state index is -1.57. The Hall–Kier alpha value is -2.95. The number of carbonyl (C=O) groups is 3. The van der Waals surface area contributed by atoms with Crippen LogP contribution in [0.2, 0.25) is 0 Å². The van der Waals surface area contributed by atoms with Crippen LogP contribution in [0.15, 0.2) is 54.6 Å². The third-order valence-electron chi connectivity index (χ3n) is 4.95. The van der Waals surface area contributed by atoms with Crippen LogP contribution in [-0.2, 0) is 14.3 Å². The Labute approximate surface area is 144 Å². The molecule has 1 fully saturated rings. The molecule has 1 saturated carbocycles. The first kappa shape index (κ1) is 15.6. The average molecular weight is 336 g/mol. The predicted molar refractivity (Wildman–Crippen MR) is 88.1 cm³/mol. The van der Waals surface area contributed by atoms with Crippen molar-refractivity contribution in [2.24, 2.45) is 11.3 Å². The first-order valence-electron chi connectivity index (χ1n) is 8.20. The Bertz CT molecular complexity index is 873. The highest BCUT2D eigenvalue weighted by Crippen LogP contribution is 2.70. The summed E-state index contributed by atoms with van der Waals surface area (Å²) in [5.41, 5.74) is -0.405. The minimum Gasteiger partial charge on any atom is -0.465 e. The largest absolute Gasteiger partial charge is 0.465 e. The van der Waals surface area contributed by atoms with Crippen LogP contribution in [0, 0.1) is 11.3 Å². The van der Waals surface area contributed by atoms with E-state index in [1.54, 1.807) is 61.5 Å². The maximum absolute atomic E-state index is 13.0. The van der Waals surface area contributed by atoms with Gasteiger partial charge < -0.3 is 9.47 Å². The Morgan fingerprint density at radius 2 is 1.76 bits per heavy atom. The number of rotatable bonds is 4. The van der Waals surface area contributed by atoms with Crippen LogP contribution in [0.4, 0.5) is 0 Å². The molecular weight excluding hydrogens is 320 g/mol. The SMILES string of the molecule is CCOC(=O)[C@@]12C(=O)Oc3ccccc3[C@@H]1[C@@H]2C(=O)c1ccccc1. The lowest BCUT2D eigenvalue weighted by atomic mass is 9.95. The van der Waals surface area contributed by atoms with E-state index in [1.165, 1.54) is 0 Å². The van der Waals surface area contributed by atoms with Gasteiger partial charge >= 0.3 is 11.9 Å². The van der Waals surface area contributed by atoms with Crippen LogP contribution in [0.1, 0.15) is 28.8 Å². The molecule has 2 aromatic rings. The molecule has 0 radical (unpaired) electrons. The maximum Gasteiger partial charge on any atom is 0.330 e. The molecule has 5 heteroatoms. The Morgan fingerprint density at radius 1 is 1.08 bits per heavy atom. The lowest BCUT2D eigenvalue weighted by Crippen LogP contribution is -2.37. The highest BCUT2D eigenvalue weighted by molar-refractivity contribution is 6.17. The molecule has 25 heavy (non-hydrogen) atoms. The van der Waals surface area contributed by atoms with Crippen molar-refractivity contribution in [1.29, 1.82) is 0 Å². The van der Waals surface area contributed by atoms with Gasteiger partial charge in [0.2, 0.25) is 0 Å². The van der Waals surface area contributed by atoms with Crippen molar-refractivity contribution >= 4 is 17.7 Å². The second-order valence-electron chi connectivity index (χ2n) is 6.20. The molecular formula is C20H16O5. The van der Waals surface area contributed by atoms with Crippen LogP contribution < -0.4 is 4.74 Å². The van der Waals surface area contributed by atoms with Crippen LogP contribution >= 0.6 is 0 Å². The van der Waals surface area contributed by atoms with Crippen molar-refractivity contribution in [3.63, 3.8) is 0 Å². The smallest absolute Gasteiger partial charge is 0.330 e. The standard InChI is InChI=1S/C20H16O5/c1-2-24-18(22)20-15(13-10-6-7-11-14(13)25-19(20)23)16(20)17(21)12-8-4-3-5-9-12/h3-11,15-16H,2H2,1H3/t15-,16-,20-/m1/s1. The molecule has 4 rings (SSSR count). The fourth-order valence-electron chi connectivity index (χ4n) is 3.81. The third-order valence-corrected chi connectivity index (χ3v) is 4.95. The molecule has 0 spiro atoms. The molecule has 3 atom stereocenters. The third kappa shape index (κ3) is 2.05. The van der Waals surface area contributed by atoms with E-state index in [1.807, 2.05) is 0 Å². The van der Waals surface area contributed by atoms with Gasteiger partial charge in [-0.05, 0) is 13.0 Å². The number of carbonyl (C=O) groups excluding carboxylic acids is 3. The zero-order valence-electron chi connectivity index (χ0n) is 13.6. The molecule has 126 valence electrons. The topological polar surface area (TPSA) is 69.7 Å². The number of hydrogen-bond donors (Lipinski definition) is 0. The van der Waals surface area contributed by atoms with E-state index >= 15 is 0 Å². The number of esters is 2. The Kier molecular flexibility index (Phi) is 3.46. The molecule has 0 unspecified atom stereocenters. The number of fused-ring (bicyclic) bond motifs is 3. The van der Waals surface area contributed by atoms with Crippen molar-refractivity contribution in [2.75, 3.05) is 6.61 Å². The van der Waals surface area contributed by atoms with E-state index in [9.17, 15) is 14.4 Å². The van der Waals surface area contributed by atoms with Crippen LogP contribution in [0.5, 0.6) is 5.75 Å². The molecule has 5 nitrogen and oxygen atoms in total. The molecule has 1 heterocycles. The van der Waals surface area contributed by atoms with Crippen LogP contribution in [0.25, 0.3) is 0 Å². The zero-order chi connectivity index (χ0) is 17.6. The van der Waals surface area contributed by atoms with Gasteiger partial charge in [-0.1, -0.05) is 48.5 Å². The molecule has 0 amide bonds.